The normalized spacial score (nSPS) is 12.4. The average Bonchev–Trinajstić information content (AvgIpc) is 3.04. The summed E-state index contributed by atoms with van der Waals surface area (Å²) >= 11 is 1.32. The monoisotopic (exact) mass is 291 g/mol. The molecule has 1 aromatic heterocycles. The number of carbonyl (C=O) groups excluding carboxylic acids is 1. The van der Waals surface area contributed by atoms with Crippen molar-refractivity contribution in [2.45, 2.75) is 6.92 Å². The van der Waals surface area contributed by atoms with E-state index < -0.39 is 0 Å². The fourth-order valence-corrected chi connectivity index (χ4v) is 2.89. The van der Waals surface area contributed by atoms with Gasteiger partial charge < -0.3 is 19.9 Å². The molecule has 104 valence electrons. The van der Waals surface area contributed by atoms with Crippen molar-refractivity contribution in [1.29, 1.82) is 0 Å². The second-order valence-corrected chi connectivity index (χ2v) is 5.09. The molecule has 6 heteroatoms. The summed E-state index contributed by atoms with van der Waals surface area (Å²) in [6.07, 6.45) is 0. The van der Waals surface area contributed by atoms with Crippen molar-refractivity contribution in [3.8, 4) is 22.6 Å². The minimum absolute atomic E-state index is 0.211. The molecule has 0 radical (unpaired) electrons. The van der Waals surface area contributed by atoms with Crippen LogP contribution < -0.4 is 15.2 Å². The number of hydrogen-bond donors (Lipinski definition) is 1. The zero-order valence-corrected chi connectivity index (χ0v) is 11.7. The summed E-state index contributed by atoms with van der Waals surface area (Å²) in [7, 11) is 0. The number of benzene rings is 1. The van der Waals surface area contributed by atoms with Gasteiger partial charge >= 0.3 is 5.97 Å². The van der Waals surface area contributed by atoms with Gasteiger partial charge in [0.15, 0.2) is 11.5 Å². The highest BCUT2D eigenvalue weighted by Crippen LogP contribution is 2.41. The first-order chi connectivity index (χ1) is 9.70. The van der Waals surface area contributed by atoms with Crippen molar-refractivity contribution < 1.29 is 19.0 Å². The molecule has 5 nitrogen and oxygen atoms in total. The predicted octanol–water partition coefficient (Wildman–Crippen LogP) is 2.90. The van der Waals surface area contributed by atoms with Gasteiger partial charge in [0.2, 0.25) is 6.79 Å². The van der Waals surface area contributed by atoms with E-state index in [2.05, 4.69) is 0 Å². The van der Waals surface area contributed by atoms with Gasteiger partial charge in [0.05, 0.1) is 17.2 Å². The molecule has 0 spiro atoms. The molecule has 1 aliphatic heterocycles. The third kappa shape index (κ3) is 2.08. The second-order valence-electron chi connectivity index (χ2n) is 4.18. The van der Waals surface area contributed by atoms with E-state index in [1.165, 1.54) is 11.3 Å². The lowest BCUT2D eigenvalue weighted by Crippen LogP contribution is -2.05. The molecule has 3 rings (SSSR count). The Balaban J connectivity index is 2.05. The number of carbonyl (C=O) groups is 1. The molecule has 0 atom stereocenters. The largest absolute Gasteiger partial charge is 0.462 e. The van der Waals surface area contributed by atoms with Crippen molar-refractivity contribution in [3.63, 3.8) is 0 Å². The summed E-state index contributed by atoms with van der Waals surface area (Å²) in [6.45, 7) is 2.31. The molecule has 0 fully saturated rings. The van der Waals surface area contributed by atoms with E-state index in [4.69, 9.17) is 19.9 Å². The molecule has 0 amide bonds. The molecular weight excluding hydrogens is 278 g/mol. The zero-order chi connectivity index (χ0) is 14.1. The molecular formula is C14H13NO4S. The van der Waals surface area contributed by atoms with Crippen LogP contribution in [0.2, 0.25) is 0 Å². The molecule has 2 aromatic rings. The van der Waals surface area contributed by atoms with Gasteiger partial charge in [-0.25, -0.2) is 4.79 Å². The maximum Gasteiger partial charge on any atom is 0.339 e. The lowest BCUT2D eigenvalue weighted by Gasteiger charge is -2.06. The fourth-order valence-electron chi connectivity index (χ4n) is 2.08. The Bertz CT molecular complexity index is 665. The van der Waals surface area contributed by atoms with Crippen molar-refractivity contribution >= 4 is 22.3 Å². The standard InChI is InChI=1S/C14H13NO4S/c1-2-17-14(16)9-6-20-13(15)12(9)8-3-4-10-11(5-8)19-7-18-10/h3-6H,2,7,15H2,1H3. The molecule has 0 unspecified atom stereocenters. The summed E-state index contributed by atoms with van der Waals surface area (Å²) in [6, 6.07) is 5.49. The summed E-state index contributed by atoms with van der Waals surface area (Å²) in [4.78, 5) is 12.0. The van der Waals surface area contributed by atoms with Crippen molar-refractivity contribution in [3.05, 3.63) is 29.1 Å². The van der Waals surface area contributed by atoms with E-state index in [-0.39, 0.29) is 12.8 Å². The Labute approximate surface area is 119 Å². The van der Waals surface area contributed by atoms with E-state index >= 15 is 0 Å². The van der Waals surface area contributed by atoms with Crippen molar-refractivity contribution in [2.75, 3.05) is 19.1 Å². The third-order valence-electron chi connectivity index (χ3n) is 2.98. The minimum atomic E-state index is -0.367. The maximum atomic E-state index is 12.0. The SMILES string of the molecule is CCOC(=O)c1csc(N)c1-c1ccc2c(c1)OCO2. The molecule has 0 saturated carbocycles. The maximum absolute atomic E-state index is 12.0. The van der Waals surface area contributed by atoms with Crippen LogP contribution in [0.4, 0.5) is 5.00 Å². The fraction of sp³-hybridized carbons (Fsp3) is 0.214. The minimum Gasteiger partial charge on any atom is -0.462 e. The van der Waals surface area contributed by atoms with Gasteiger partial charge in [0.1, 0.15) is 0 Å². The number of anilines is 1. The number of ether oxygens (including phenoxy) is 3. The molecule has 0 aliphatic carbocycles. The van der Waals surface area contributed by atoms with Gasteiger partial charge in [-0.15, -0.1) is 11.3 Å². The predicted molar refractivity (Wildman–Crippen MR) is 76.2 cm³/mol. The molecule has 0 saturated heterocycles. The van der Waals surface area contributed by atoms with Crippen LogP contribution in [0.1, 0.15) is 17.3 Å². The van der Waals surface area contributed by atoms with E-state index in [1.807, 2.05) is 18.2 Å². The first kappa shape index (κ1) is 12.8. The Morgan fingerprint density at radius 1 is 1.40 bits per heavy atom. The number of rotatable bonds is 3. The Morgan fingerprint density at radius 3 is 3.00 bits per heavy atom. The van der Waals surface area contributed by atoms with Crippen LogP contribution in [-0.2, 0) is 4.74 Å². The van der Waals surface area contributed by atoms with E-state index in [1.54, 1.807) is 12.3 Å². The zero-order valence-electron chi connectivity index (χ0n) is 10.8. The highest BCUT2D eigenvalue weighted by molar-refractivity contribution is 7.15. The van der Waals surface area contributed by atoms with Crippen molar-refractivity contribution in [2.24, 2.45) is 0 Å². The van der Waals surface area contributed by atoms with Gasteiger partial charge in [-0.3, -0.25) is 0 Å². The van der Waals surface area contributed by atoms with Crippen LogP contribution in [0.15, 0.2) is 23.6 Å². The van der Waals surface area contributed by atoms with Crippen LogP contribution in [0, 0.1) is 0 Å². The lowest BCUT2D eigenvalue weighted by atomic mass is 10.0. The average molecular weight is 291 g/mol. The topological polar surface area (TPSA) is 70.8 Å². The molecule has 1 aliphatic rings. The van der Waals surface area contributed by atoms with Crippen LogP contribution in [0.5, 0.6) is 11.5 Å². The quantitative estimate of drug-likeness (QED) is 0.880. The lowest BCUT2D eigenvalue weighted by molar-refractivity contribution is 0.0528. The van der Waals surface area contributed by atoms with Gasteiger partial charge in [-0.1, -0.05) is 6.07 Å². The number of esters is 1. The van der Waals surface area contributed by atoms with E-state index in [0.29, 0.717) is 34.2 Å². The number of nitrogen functional groups attached to an aromatic ring is 1. The van der Waals surface area contributed by atoms with E-state index in [9.17, 15) is 4.79 Å². The van der Waals surface area contributed by atoms with Crippen molar-refractivity contribution in [1.82, 2.24) is 0 Å². The molecule has 0 bridgehead atoms. The van der Waals surface area contributed by atoms with E-state index in [0.717, 1.165) is 5.56 Å². The Morgan fingerprint density at radius 2 is 2.20 bits per heavy atom. The highest BCUT2D eigenvalue weighted by Gasteiger charge is 2.21. The van der Waals surface area contributed by atoms with Gasteiger partial charge in [0, 0.05) is 10.9 Å². The number of fused-ring (bicyclic) bond motifs is 1. The first-order valence-electron chi connectivity index (χ1n) is 6.14. The number of thiophene rings is 1. The van der Waals surface area contributed by atoms with Crippen LogP contribution in [0.25, 0.3) is 11.1 Å². The summed E-state index contributed by atoms with van der Waals surface area (Å²) in [5.74, 6) is 0.983. The number of hydrogen-bond acceptors (Lipinski definition) is 6. The molecule has 2 heterocycles. The Hall–Kier alpha value is -2.21. The van der Waals surface area contributed by atoms with Gasteiger partial charge in [-0.05, 0) is 24.6 Å². The second kappa shape index (κ2) is 5.05. The summed E-state index contributed by atoms with van der Waals surface area (Å²) in [5, 5.41) is 2.29. The molecule has 2 N–H and O–H groups in total. The van der Waals surface area contributed by atoms with Gasteiger partial charge in [0.25, 0.3) is 0 Å². The smallest absolute Gasteiger partial charge is 0.339 e. The molecule has 1 aromatic carbocycles. The number of nitrogens with two attached hydrogens (primary N) is 1. The molecule has 20 heavy (non-hydrogen) atoms. The Kier molecular flexibility index (Phi) is 3.23. The highest BCUT2D eigenvalue weighted by atomic mass is 32.1. The van der Waals surface area contributed by atoms with Crippen LogP contribution >= 0.6 is 11.3 Å². The third-order valence-corrected chi connectivity index (χ3v) is 3.79. The summed E-state index contributed by atoms with van der Waals surface area (Å²) < 4.78 is 15.7. The summed E-state index contributed by atoms with van der Waals surface area (Å²) in [5.41, 5.74) is 7.97. The van der Waals surface area contributed by atoms with Crippen LogP contribution in [-0.4, -0.2) is 19.4 Å². The first-order valence-corrected chi connectivity index (χ1v) is 7.02. The van der Waals surface area contributed by atoms with Crippen LogP contribution in [0.3, 0.4) is 0 Å². The van der Waals surface area contributed by atoms with Gasteiger partial charge in [-0.2, -0.15) is 0 Å².